The molecule has 210 valence electrons. The molecule has 0 radical (unpaired) electrons. The van der Waals surface area contributed by atoms with Crippen LogP contribution in [-0.4, -0.2) is 23.3 Å². The molecule has 4 heteroatoms. The van der Waals surface area contributed by atoms with Crippen molar-refractivity contribution < 1.29 is 0 Å². The Hall–Kier alpha value is -1.20. The minimum Gasteiger partial charge on any atom is -0.286 e. The lowest BCUT2D eigenvalue weighted by Gasteiger charge is -2.49. The summed E-state index contributed by atoms with van der Waals surface area (Å²) in [4.78, 5) is 0.602. The lowest BCUT2D eigenvalue weighted by atomic mass is 9.63. The topological polar surface area (TPSA) is 36.1 Å². The second-order valence-electron chi connectivity index (χ2n) is 13.2. The monoisotopic (exact) mass is 589 g/mol. The molecule has 1 saturated heterocycles. The fourth-order valence-electron chi connectivity index (χ4n) is 9.07. The van der Waals surface area contributed by atoms with E-state index in [1.54, 1.807) is 22.3 Å². The minimum absolute atomic E-state index is 0.316. The van der Waals surface area contributed by atoms with Crippen molar-refractivity contribution in [2.45, 2.75) is 120 Å². The highest BCUT2D eigenvalue weighted by atomic mass is 79.9. The Morgan fingerprint density at radius 2 is 1.38 bits per heavy atom. The van der Waals surface area contributed by atoms with Crippen molar-refractivity contribution in [3.63, 3.8) is 0 Å². The molecule has 3 nitrogen and oxygen atoms in total. The molecule has 6 aliphatic carbocycles. The molecule has 8 unspecified atom stereocenters. The van der Waals surface area contributed by atoms with E-state index in [9.17, 15) is 0 Å². The first kappa shape index (κ1) is 26.7. The molecule has 0 bridgehead atoms. The zero-order valence-electron chi connectivity index (χ0n) is 23.6. The summed E-state index contributed by atoms with van der Waals surface area (Å²) in [6.07, 6.45) is 37.5. The molecule has 8 atom stereocenters. The second-order valence-corrected chi connectivity index (χ2v) is 14.3. The summed E-state index contributed by atoms with van der Waals surface area (Å²) in [6, 6.07) is 0. The van der Waals surface area contributed by atoms with E-state index in [4.69, 9.17) is 0 Å². The van der Waals surface area contributed by atoms with Gasteiger partial charge in [0.05, 0.1) is 18.5 Å². The van der Waals surface area contributed by atoms with Crippen LogP contribution in [-0.2, 0) is 0 Å². The van der Waals surface area contributed by atoms with Crippen molar-refractivity contribution >= 4 is 15.9 Å². The number of alkyl halides is 1. The van der Waals surface area contributed by atoms with Crippen molar-refractivity contribution in [2.24, 2.45) is 23.7 Å². The Balaban J connectivity index is 1.18. The molecule has 1 fully saturated rings. The van der Waals surface area contributed by atoms with E-state index in [2.05, 4.69) is 74.4 Å². The lowest BCUT2D eigenvalue weighted by molar-refractivity contribution is 0.124. The highest BCUT2D eigenvalue weighted by molar-refractivity contribution is 9.09. The van der Waals surface area contributed by atoms with Crippen molar-refractivity contribution in [1.82, 2.24) is 16.0 Å². The lowest BCUT2D eigenvalue weighted by Crippen LogP contribution is -2.71. The SMILES string of the molecule is BrC1CCC(C2CCC(C3NC(C4=CCCCC4)NC(C4CC=CCC4)N3)C3=C2CCC=C3)C2=C1CCC=C2. The third-order valence-corrected chi connectivity index (χ3v) is 12.1. The average Bonchev–Trinajstić information content (AvgIpc) is 3.02. The van der Waals surface area contributed by atoms with Gasteiger partial charge in [0.2, 0.25) is 0 Å². The Morgan fingerprint density at radius 1 is 0.615 bits per heavy atom. The second kappa shape index (κ2) is 12.0. The van der Waals surface area contributed by atoms with E-state index >= 15 is 0 Å². The first-order valence-corrected chi connectivity index (χ1v) is 17.2. The van der Waals surface area contributed by atoms with E-state index in [1.165, 1.54) is 96.3 Å². The van der Waals surface area contributed by atoms with Gasteiger partial charge >= 0.3 is 0 Å². The molecule has 0 aromatic carbocycles. The molecule has 0 spiro atoms. The van der Waals surface area contributed by atoms with Crippen LogP contribution in [0.4, 0.5) is 0 Å². The van der Waals surface area contributed by atoms with E-state index in [0.29, 0.717) is 35.2 Å². The van der Waals surface area contributed by atoms with Crippen LogP contribution >= 0.6 is 15.9 Å². The van der Waals surface area contributed by atoms with Crippen LogP contribution in [0.2, 0.25) is 0 Å². The molecule has 39 heavy (non-hydrogen) atoms. The molecule has 0 saturated carbocycles. The number of hydrogen-bond donors (Lipinski definition) is 3. The van der Waals surface area contributed by atoms with Crippen LogP contribution < -0.4 is 16.0 Å². The summed E-state index contributed by atoms with van der Waals surface area (Å²) in [7, 11) is 0. The molecule has 1 heterocycles. The molecule has 0 aromatic rings. The molecular weight excluding hydrogens is 542 g/mol. The first-order valence-electron chi connectivity index (χ1n) is 16.3. The molecule has 3 N–H and O–H groups in total. The number of nitrogens with one attached hydrogen (secondary N) is 3. The van der Waals surface area contributed by atoms with Crippen LogP contribution in [0.5, 0.6) is 0 Å². The number of hydrogen-bond acceptors (Lipinski definition) is 3. The zero-order valence-corrected chi connectivity index (χ0v) is 25.2. The summed E-state index contributed by atoms with van der Waals surface area (Å²) in [5.41, 5.74) is 8.53. The minimum atomic E-state index is 0.316. The van der Waals surface area contributed by atoms with Gasteiger partial charge in [-0.15, -0.1) is 0 Å². The van der Waals surface area contributed by atoms with Gasteiger partial charge in [-0.2, -0.15) is 0 Å². The maximum absolute atomic E-state index is 4.16. The van der Waals surface area contributed by atoms with Gasteiger partial charge in [-0.05, 0) is 131 Å². The van der Waals surface area contributed by atoms with Crippen molar-refractivity contribution in [3.8, 4) is 0 Å². The van der Waals surface area contributed by atoms with Gasteiger partial charge in [-0.3, -0.25) is 16.0 Å². The van der Waals surface area contributed by atoms with Crippen molar-refractivity contribution in [1.29, 1.82) is 0 Å². The first-order chi connectivity index (χ1) is 19.3. The van der Waals surface area contributed by atoms with E-state index in [0.717, 1.165) is 11.8 Å². The summed E-state index contributed by atoms with van der Waals surface area (Å²) < 4.78 is 0. The molecule has 7 rings (SSSR count). The van der Waals surface area contributed by atoms with E-state index < -0.39 is 0 Å². The molecule has 0 aromatic heterocycles. The fourth-order valence-corrected chi connectivity index (χ4v) is 9.83. The maximum atomic E-state index is 4.16. The fraction of sp³-hybridized carbons (Fsp3) is 0.657. The van der Waals surface area contributed by atoms with Crippen LogP contribution in [0, 0.1) is 23.7 Å². The number of rotatable bonds is 4. The zero-order chi connectivity index (χ0) is 26.2. The average molecular weight is 591 g/mol. The van der Waals surface area contributed by atoms with E-state index in [-0.39, 0.29) is 0 Å². The smallest absolute Gasteiger partial charge is 0.0818 e. The Kier molecular flexibility index (Phi) is 8.18. The van der Waals surface area contributed by atoms with Gasteiger partial charge in [-0.1, -0.05) is 69.6 Å². The quantitative estimate of drug-likeness (QED) is 0.229. The van der Waals surface area contributed by atoms with Gasteiger partial charge in [0.25, 0.3) is 0 Å². The Labute approximate surface area is 244 Å². The molecule has 7 aliphatic rings. The Bertz CT molecular complexity index is 1110. The maximum Gasteiger partial charge on any atom is 0.0818 e. The van der Waals surface area contributed by atoms with Gasteiger partial charge < -0.3 is 0 Å². The van der Waals surface area contributed by atoms with Crippen LogP contribution in [0.25, 0.3) is 0 Å². The standard InChI is InChI=1S/C35H48BrN3/c36-32-22-21-29(26-16-9-10-18-30(26)32)28-19-20-31(27-17-8-7-15-25(27)28)35-38-33(23-11-3-1-4-12-23)37-34(39-35)24-13-5-2-6-14-24/h1,3,8-9,13,16-17,23,28-29,31-35,37-39H,2,4-7,10-12,14-15,18-22H2. The third-order valence-electron chi connectivity index (χ3n) is 11.1. The predicted molar refractivity (Wildman–Crippen MR) is 166 cm³/mol. The van der Waals surface area contributed by atoms with Crippen molar-refractivity contribution in [3.05, 3.63) is 70.4 Å². The van der Waals surface area contributed by atoms with Crippen LogP contribution in [0.1, 0.15) is 96.3 Å². The third kappa shape index (κ3) is 5.41. The van der Waals surface area contributed by atoms with Gasteiger partial charge in [-0.25, -0.2) is 0 Å². The summed E-state index contributed by atoms with van der Waals surface area (Å²) >= 11 is 4.04. The van der Waals surface area contributed by atoms with Gasteiger partial charge in [0, 0.05) is 10.7 Å². The predicted octanol–water partition coefficient (Wildman–Crippen LogP) is 8.10. The number of halogens is 1. The highest BCUT2D eigenvalue weighted by Gasteiger charge is 2.43. The molecular formula is C35H48BrN3. The van der Waals surface area contributed by atoms with Crippen LogP contribution in [0.3, 0.4) is 0 Å². The number of allylic oxidation sites excluding steroid dienone is 10. The molecule has 1 aliphatic heterocycles. The van der Waals surface area contributed by atoms with Crippen LogP contribution in [0.15, 0.2) is 70.4 Å². The highest BCUT2D eigenvalue weighted by Crippen LogP contribution is 2.51. The Morgan fingerprint density at radius 3 is 2.18 bits per heavy atom. The van der Waals surface area contributed by atoms with Gasteiger partial charge in [0.15, 0.2) is 0 Å². The normalized spacial score (nSPS) is 40.8. The largest absolute Gasteiger partial charge is 0.286 e. The summed E-state index contributed by atoms with van der Waals surface area (Å²) in [5, 5.41) is 12.4. The van der Waals surface area contributed by atoms with Crippen molar-refractivity contribution in [2.75, 3.05) is 0 Å². The van der Waals surface area contributed by atoms with E-state index in [1.807, 2.05) is 5.57 Å². The summed E-state index contributed by atoms with van der Waals surface area (Å²) in [5.74, 6) is 2.69. The molecule has 0 amide bonds. The summed E-state index contributed by atoms with van der Waals surface area (Å²) in [6.45, 7) is 0. The van der Waals surface area contributed by atoms with Gasteiger partial charge in [0.1, 0.15) is 0 Å².